The van der Waals surface area contributed by atoms with Crippen LogP contribution in [0.25, 0.3) is 0 Å². The first-order valence-corrected chi connectivity index (χ1v) is 9.62. The molecule has 0 radical (unpaired) electrons. The van der Waals surface area contributed by atoms with Gasteiger partial charge in [-0.25, -0.2) is 0 Å². The second-order valence-corrected chi connectivity index (χ2v) is 6.46. The van der Waals surface area contributed by atoms with Crippen LogP contribution in [-0.4, -0.2) is 37.4 Å². The van der Waals surface area contributed by atoms with Crippen molar-refractivity contribution in [2.45, 2.75) is 33.6 Å². The summed E-state index contributed by atoms with van der Waals surface area (Å²) in [4.78, 5) is 6.83. The Hall–Kier alpha value is -2.60. The molecule has 3 N–H and O–H groups in total. The van der Waals surface area contributed by atoms with E-state index in [9.17, 15) is 0 Å². The zero-order chi connectivity index (χ0) is 19.5. The predicted molar refractivity (Wildman–Crippen MR) is 114 cm³/mol. The summed E-state index contributed by atoms with van der Waals surface area (Å²) in [7, 11) is 0. The Morgan fingerprint density at radius 1 is 1.19 bits per heavy atom. The highest BCUT2D eigenvalue weighted by atomic mass is 16.5. The van der Waals surface area contributed by atoms with Crippen LogP contribution in [0.4, 0.5) is 11.5 Å². The van der Waals surface area contributed by atoms with Crippen LogP contribution < -0.4 is 20.8 Å². The van der Waals surface area contributed by atoms with Crippen molar-refractivity contribution in [2.75, 3.05) is 36.6 Å². The number of hydrogen-bond donors (Lipinski definition) is 2. The molecule has 0 aliphatic heterocycles. The smallest absolute Gasteiger partial charge is 0.217 e. The van der Waals surface area contributed by atoms with Gasteiger partial charge in [0.1, 0.15) is 6.61 Å². The summed E-state index contributed by atoms with van der Waals surface area (Å²) in [5.74, 6) is 1.21. The average molecular weight is 370 g/mol. The standard InChI is InChI=1S/C21H31N5O/c1-4-10-26(11-5-2)19-14-20(24-21(15-19)27-12-9-22)25-23-16-18-8-6-7-17(3)13-18/h6-8,13-16H,4-5,9-12,22H2,1-3H3,(H,24,25)/b23-16+. The maximum Gasteiger partial charge on any atom is 0.217 e. The molecule has 0 amide bonds. The fraction of sp³-hybridized carbons (Fsp3) is 0.429. The number of hydrazone groups is 1. The fourth-order valence-electron chi connectivity index (χ4n) is 2.80. The van der Waals surface area contributed by atoms with Gasteiger partial charge < -0.3 is 15.4 Å². The molecule has 0 saturated carbocycles. The molecule has 2 rings (SSSR count). The van der Waals surface area contributed by atoms with Gasteiger partial charge >= 0.3 is 0 Å². The van der Waals surface area contributed by atoms with Crippen LogP contribution in [0.1, 0.15) is 37.8 Å². The molecule has 0 fully saturated rings. The van der Waals surface area contributed by atoms with Crippen molar-refractivity contribution in [1.82, 2.24) is 4.98 Å². The first-order valence-electron chi connectivity index (χ1n) is 9.62. The Kier molecular flexibility index (Phi) is 8.58. The van der Waals surface area contributed by atoms with Crippen LogP contribution >= 0.6 is 0 Å². The van der Waals surface area contributed by atoms with E-state index in [-0.39, 0.29) is 0 Å². The molecule has 0 spiro atoms. The molecule has 0 bridgehead atoms. The van der Waals surface area contributed by atoms with Gasteiger partial charge in [0.25, 0.3) is 0 Å². The van der Waals surface area contributed by atoms with E-state index in [1.54, 1.807) is 6.21 Å². The number of nitrogens with zero attached hydrogens (tertiary/aromatic N) is 3. The molecular formula is C21H31N5O. The van der Waals surface area contributed by atoms with Gasteiger partial charge in [-0.15, -0.1) is 0 Å². The zero-order valence-corrected chi connectivity index (χ0v) is 16.6. The van der Waals surface area contributed by atoms with Gasteiger partial charge in [-0.2, -0.15) is 10.1 Å². The molecule has 0 saturated heterocycles. The van der Waals surface area contributed by atoms with Gasteiger partial charge in [0.2, 0.25) is 5.88 Å². The normalized spacial score (nSPS) is 11.0. The van der Waals surface area contributed by atoms with Crippen molar-refractivity contribution in [2.24, 2.45) is 10.8 Å². The van der Waals surface area contributed by atoms with E-state index < -0.39 is 0 Å². The topological polar surface area (TPSA) is 75.8 Å². The van der Waals surface area contributed by atoms with Crippen molar-refractivity contribution in [3.63, 3.8) is 0 Å². The summed E-state index contributed by atoms with van der Waals surface area (Å²) in [6.45, 7) is 9.28. The van der Waals surface area contributed by atoms with E-state index >= 15 is 0 Å². The van der Waals surface area contributed by atoms with Gasteiger partial charge in [0.15, 0.2) is 5.82 Å². The molecular weight excluding hydrogens is 338 g/mol. The highest BCUT2D eigenvalue weighted by Gasteiger charge is 2.10. The van der Waals surface area contributed by atoms with Gasteiger partial charge in [-0.1, -0.05) is 43.7 Å². The third-order valence-corrected chi connectivity index (χ3v) is 3.94. The summed E-state index contributed by atoms with van der Waals surface area (Å²) in [6.07, 6.45) is 3.95. The lowest BCUT2D eigenvalue weighted by Gasteiger charge is -2.24. The Morgan fingerprint density at radius 2 is 1.96 bits per heavy atom. The van der Waals surface area contributed by atoms with E-state index in [1.807, 2.05) is 24.3 Å². The Balaban J connectivity index is 2.20. The summed E-state index contributed by atoms with van der Waals surface area (Å²) < 4.78 is 5.67. The van der Waals surface area contributed by atoms with Crippen molar-refractivity contribution in [3.05, 3.63) is 47.5 Å². The number of aryl methyl sites for hydroxylation is 1. The van der Waals surface area contributed by atoms with E-state index in [4.69, 9.17) is 10.5 Å². The molecule has 6 heteroatoms. The molecule has 0 atom stereocenters. The number of nitrogens with two attached hydrogens (primary N) is 1. The van der Waals surface area contributed by atoms with Crippen molar-refractivity contribution < 1.29 is 4.74 Å². The lowest BCUT2D eigenvalue weighted by molar-refractivity contribution is 0.316. The second kappa shape index (κ2) is 11.2. The largest absolute Gasteiger partial charge is 0.476 e. The van der Waals surface area contributed by atoms with Crippen molar-refractivity contribution in [1.29, 1.82) is 0 Å². The third kappa shape index (κ3) is 6.90. The van der Waals surface area contributed by atoms with Crippen LogP contribution in [0.5, 0.6) is 5.88 Å². The maximum absolute atomic E-state index is 5.67. The van der Waals surface area contributed by atoms with Gasteiger partial charge in [-0.05, 0) is 25.3 Å². The van der Waals surface area contributed by atoms with E-state index in [2.05, 4.69) is 53.3 Å². The zero-order valence-electron chi connectivity index (χ0n) is 16.6. The maximum atomic E-state index is 5.67. The van der Waals surface area contributed by atoms with Gasteiger partial charge in [0, 0.05) is 37.5 Å². The van der Waals surface area contributed by atoms with E-state index in [1.165, 1.54) is 5.56 Å². The van der Waals surface area contributed by atoms with Gasteiger partial charge in [-0.3, -0.25) is 5.43 Å². The summed E-state index contributed by atoms with van der Waals surface area (Å²) in [6, 6.07) is 12.1. The first-order chi connectivity index (χ1) is 13.2. The SMILES string of the molecule is CCCN(CCC)c1cc(N/N=C/c2cccc(C)c2)nc(OCCN)c1. The minimum absolute atomic E-state index is 0.435. The number of anilines is 2. The molecule has 1 aromatic heterocycles. The molecule has 1 aromatic carbocycles. The monoisotopic (exact) mass is 369 g/mol. The quantitative estimate of drug-likeness (QED) is 0.465. The molecule has 1 heterocycles. The number of nitrogens with one attached hydrogen (secondary N) is 1. The number of benzene rings is 1. The number of pyridine rings is 1. The lowest BCUT2D eigenvalue weighted by atomic mass is 10.2. The highest BCUT2D eigenvalue weighted by molar-refractivity contribution is 5.80. The number of aromatic nitrogens is 1. The van der Waals surface area contributed by atoms with Gasteiger partial charge in [0.05, 0.1) is 6.21 Å². The molecule has 27 heavy (non-hydrogen) atoms. The number of rotatable bonds is 11. The molecule has 0 aliphatic rings. The van der Waals surface area contributed by atoms with Crippen LogP contribution in [-0.2, 0) is 0 Å². The minimum Gasteiger partial charge on any atom is -0.476 e. The van der Waals surface area contributed by atoms with Crippen molar-refractivity contribution >= 4 is 17.7 Å². The van der Waals surface area contributed by atoms with Crippen LogP contribution in [0.15, 0.2) is 41.5 Å². The predicted octanol–water partition coefficient (Wildman–Crippen LogP) is 3.80. The Bertz CT molecular complexity index is 726. The van der Waals surface area contributed by atoms with Crippen LogP contribution in [0, 0.1) is 6.92 Å². The van der Waals surface area contributed by atoms with Crippen LogP contribution in [0.2, 0.25) is 0 Å². The molecule has 0 unspecified atom stereocenters. The van der Waals surface area contributed by atoms with Crippen molar-refractivity contribution in [3.8, 4) is 5.88 Å². The van der Waals surface area contributed by atoms with Crippen LogP contribution in [0.3, 0.4) is 0 Å². The fourth-order valence-corrected chi connectivity index (χ4v) is 2.80. The van der Waals surface area contributed by atoms with E-state index in [0.29, 0.717) is 24.8 Å². The lowest BCUT2D eigenvalue weighted by Crippen LogP contribution is -2.25. The second-order valence-electron chi connectivity index (χ2n) is 6.46. The number of ether oxygens (including phenoxy) is 1. The molecule has 2 aromatic rings. The first kappa shape index (κ1) is 20.7. The number of hydrogen-bond acceptors (Lipinski definition) is 6. The Morgan fingerprint density at radius 3 is 2.63 bits per heavy atom. The third-order valence-electron chi connectivity index (χ3n) is 3.94. The summed E-state index contributed by atoms with van der Waals surface area (Å²) >= 11 is 0. The minimum atomic E-state index is 0.435. The molecule has 0 aliphatic carbocycles. The summed E-state index contributed by atoms with van der Waals surface area (Å²) in [5, 5.41) is 4.33. The summed E-state index contributed by atoms with van der Waals surface area (Å²) in [5.41, 5.74) is 11.9. The highest BCUT2D eigenvalue weighted by Crippen LogP contribution is 2.24. The molecule has 146 valence electrons. The average Bonchev–Trinajstić information content (AvgIpc) is 2.66. The molecule has 6 nitrogen and oxygen atoms in total. The van der Waals surface area contributed by atoms with E-state index in [0.717, 1.165) is 37.2 Å². The Labute approximate surface area is 162 Å².